The lowest BCUT2D eigenvalue weighted by atomic mass is 10.1. The first-order chi connectivity index (χ1) is 14.2. The molecule has 5 heteroatoms. The molecule has 0 atom stereocenters. The second-order valence-corrected chi connectivity index (χ2v) is 7.54. The van der Waals surface area contributed by atoms with E-state index < -0.39 is 0 Å². The summed E-state index contributed by atoms with van der Waals surface area (Å²) < 4.78 is 5.65. The molecule has 2 aromatic carbocycles. The van der Waals surface area contributed by atoms with Gasteiger partial charge < -0.3 is 4.74 Å². The van der Waals surface area contributed by atoms with Crippen molar-refractivity contribution in [1.82, 2.24) is 4.98 Å². The fourth-order valence-corrected chi connectivity index (χ4v) is 3.43. The predicted molar refractivity (Wildman–Crippen MR) is 121 cm³/mol. The number of nitrogens with zero attached hydrogens (tertiary/aromatic N) is 1. The number of nitrogens with one attached hydrogen (secondary N) is 1. The van der Waals surface area contributed by atoms with Gasteiger partial charge in [0.1, 0.15) is 5.75 Å². The van der Waals surface area contributed by atoms with Gasteiger partial charge in [-0.1, -0.05) is 56.7 Å². The molecule has 0 spiro atoms. The minimum Gasteiger partial charge on any atom is -0.494 e. The number of unbranched alkanes of at least 4 members (excludes halogenated alkanes) is 1. The molecule has 0 unspecified atom stereocenters. The Bertz CT molecular complexity index is 944. The number of rotatable bonds is 9. The Hall–Kier alpha value is -2.92. The van der Waals surface area contributed by atoms with Crippen molar-refractivity contribution in [1.29, 1.82) is 0 Å². The Morgan fingerprint density at radius 1 is 1.10 bits per heavy atom. The van der Waals surface area contributed by atoms with Crippen LogP contribution in [-0.4, -0.2) is 17.5 Å². The van der Waals surface area contributed by atoms with Crippen LogP contribution in [0.25, 0.3) is 17.3 Å². The van der Waals surface area contributed by atoms with Crippen molar-refractivity contribution in [3.8, 4) is 17.0 Å². The first kappa shape index (κ1) is 20.8. The quantitative estimate of drug-likeness (QED) is 0.340. The third kappa shape index (κ3) is 6.29. The van der Waals surface area contributed by atoms with Crippen molar-refractivity contribution in [2.24, 2.45) is 0 Å². The van der Waals surface area contributed by atoms with E-state index in [2.05, 4.69) is 48.4 Å². The zero-order valence-corrected chi connectivity index (χ0v) is 17.7. The van der Waals surface area contributed by atoms with Gasteiger partial charge in [0, 0.05) is 17.0 Å². The first-order valence-corrected chi connectivity index (χ1v) is 10.8. The third-order valence-electron chi connectivity index (χ3n) is 4.47. The number of hydrogen-bond donors (Lipinski definition) is 1. The Morgan fingerprint density at radius 2 is 1.86 bits per heavy atom. The summed E-state index contributed by atoms with van der Waals surface area (Å²) in [6, 6.07) is 16.1. The number of carbonyl (C=O) groups excluding carboxylic acids is 1. The van der Waals surface area contributed by atoms with Gasteiger partial charge in [0.15, 0.2) is 5.13 Å². The number of anilines is 1. The summed E-state index contributed by atoms with van der Waals surface area (Å²) in [5.41, 5.74) is 4.16. The summed E-state index contributed by atoms with van der Waals surface area (Å²) >= 11 is 1.42. The number of ether oxygens (including phenoxy) is 1. The summed E-state index contributed by atoms with van der Waals surface area (Å²) in [5, 5.41) is 5.38. The largest absolute Gasteiger partial charge is 0.494 e. The monoisotopic (exact) mass is 406 g/mol. The van der Waals surface area contributed by atoms with Crippen LogP contribution in [-0.2, 0) is 11.2 Å². The lowest BCUT2D eigenvalue weighted by Gasteiger charge is -2.05. The number of hydrogen-bond acceptors (Lipinski definition) is 4. The van der Waals surface area contributed by atoms with E-state index in [1.54, 1.807) is 6.08 Å². The number of aromatic nitrogens is 1. The van der Waals surface area contributed by atoms with Gasteiger partial charge >= 0.3 is 0 Å². The molecule has 1 N–H and O–H groups in total. The molecule has 0 bridgehead atoms. The van der Waals surface area contributed by atoms with E-state index in [1.807, 2.05) is 29.6 Å². The van der Waals surface area contributed by atoms with E-state index in [-0.39, 0.29) is 5.91 Å². The van der Waals surface area contributed by atoms with Crippen LogP contribution in [0.1, 0.15) is 37.8 Å². The molecule has 3 rings (SSSR count). The second kappa shape index (κ2) is 10.6. The van der Waals surface area contributed by atoms with Crippen molar-refractivity contribution in [2.75, 3.05) is 11.9 Å². The molecule has 0 fully saturated rings. The van der Waals surface area contributed by atoms with E-state index in [4.69, 9.17) is 4.74 Å². The van der Waals surface area contributed by atoms with Gasteiger partial charge in [-0.05, 0) is 42.2 Å². The summed E-state index contributed by atoms with van der Waals surface area (Å²) in [5.74, 6) is 0.651. The third-order valence-corrected chi connectivity index (χ3v) is 5.22. The molecule has 0 saturated carbocycles. The molecule has 0 aliphatic rings. The van der Waals surface area contributed by atoms with E-state index >= 15 is 0 Å². The SMILES string of the molecule is CCCCOc1ccc(/C=C/C(=O)Nc2nc(-c3ccc(CC)cc3)cs2)cc1. The molecular formula is C24H26N2O2S. The molecule has 150 valence electrons. The highest BCUT2D eigenvalue weighted by atomic mass is 32.1. The van der Waals surface area contributed by atoms with Crippen molar-refractivity contribution in [3.05, 3.63) is 71.1 Å². The fourth-order valence-electron chi connectivity index (χ4n) is 2.70. The summed E-state index contributed by atoms with van der Waals surface area (Å²) in [4.78, 5) is 16.7. The summed E-state index contributed by atoms with van der Waals surface area (Å²) in [6.45, 7) is 5.00. The van der Waals surface area contributed by atoms with Crippen molar-refractivity contribution in [3.63, 3.8) is 0 Å². The Labute approximate surface area is 176 Å². The standard InChI is InChI=1S/C24H26N2O2S/c1-3-5-16-28-21-13-8-19(9-14-21)10-15-23(27)26-24-25-22(17-29-24)20-11-6-18(4-2)7-12-20/h6-15,17H,3-5,16H2,1-2H3,(H,25,26,27)/b15-10+. The number of benzene rings is 2. The predicted octanol–water partition coefficient (Wildman–Crippen LogP) is 6.20. The van der Waals surface area contributed by atoms with Crippen LogP contribution in [0.15, 0.2) is 60.0 Å². The Kier molecular flexibility index (Phi) is 7.59. The molecule has 29 heavy (non-hydrogen) atoms. The number of amides is 1. The lowest BCUT2D eigenvalue weighted by Crippen LogP contribution is -2.07. The van der Waals surface area contributed by atoms with Crippen LogP contribution in [0.3, 0.4) is 0 Å². The van der Waals surface area contributed by atoms with Gasteiger partial charge in [0.05, 0.1) is 12.3 Å². The molecule has 1 amide bonds. The first-order valence-electron chi connectivity index (χ1n) is 9.94. The van der Waals surface area contributed by atoms with Crippen molar-refractivity contribution in [2.45, 2.75) is 33.1 Å². The van der Waals surface area contributed by atoms with E-state index in [9.17, 15) is 4.79 Å². The number of aryl methyl sites for hydroxylation is 1. The fraction of sp³-hybridized carbons (Fsp3) is 0.250. The van der Waals surface area contributed by atoms with Crippen LogP contribution < -0.4 is 10.1 Å². The van der Waals surface area contributed by atoms with Crippen LogP contribution in [0, 0.1) is 0 Å². The average molecular weight is 407 g/mol. The molecular weight excluding hydrogens is 380 g/mol. The second-order valence-electron chi connectivity index (χ2n) is 6.68. The maximum atomic E-state index is 12.2. The van der Waals surface area contributed by atoms with E-state index in [0.29, 0.717) is 5.13 Å². The van der Waals surface area contributed by atoms with Crippen LogP contribution in [0.2, 0.25) is 0 Å². The minimum absolute atomic E-state index is 0.199. The zero-order valence-electron chi connectivity index (χ0n) is 16.9. The maximum absolute atomic E-state index is 12.2. The van der Waals surface area contributed by atoms with Gasteiger partial charge in [-0.2, -0.15) is 0 Å². The molecule has 3 aromatic rings. The van der Waals surface area contributed by atoms with Crippen LogP contribution in [0.5, 0.6) is 5.75 Å². The van der Waals surface area contributed by atoms with Crippen molar-refractivity contribution >= 4 is 28.5 Å². The van der Waals surface area contributed by atoms with Gasteiger partial charge in [-0.3, -0.25) is 10.1 Å². The number of carbonyl (C=O) groups is 1. The maximum Gasteiger partial charge on any atom is 0.250 e. The highest BCUT2D eigenvalue weighted by Crippen LogP contribution is 2.25. The van der Waals surface area contributed by atoms with Crippen LogP contribution in [0.4, 0.5) is 5.13 Å². The smallest absolute Gasteiger partial charge is 0.250 e. The zero-order chi connectivity index (χ0) is 20.5. The normalized spacial score (nSPS) is 11.0. The molecule has 1 aromatic heterocycles. The number of thiazole rings is 1. The Morgan fingerprint density at radius 3 is 2.55 bits per heavy atom. The van der Waals surface area contributed by atoms with Gasteiger partial charge in [0.2, 0.25) is 5.91 Å². The average Bonchev–Trinajstić information content (AvgIpc) is 3.22. The topological polar surface area (TPSA) is 51.2 Å². The molecule has 0 radical (unpaired) electrons. The summed E-state index contributed by atoms with van der Waals surface area (Å²) in [6.07, 6.45) is 6.47. The van der Waals surface area contributed by atoms with E-state index in [1.165, 1.54) is 23.0 Å². The molecule has 0 aliphatic heterocycles. The summed E-state index contributed by atoms with van der Waals surface area (Å²) in [7, 11) is 0. The van der Waals surface area contributed by atoms with Gasteiger partial charge in [0.25, 0.3) is 0 Å². The molecule has 0 saturated heterocycles. The van der Waals surface area contributed by atoms with Gasteiger partial charge in [-0.15, -0.1) is 11.3 Å². The Balaban J connectivity index is 1.54. The highest BCUT2D eigenvalue weighted by Gasteiger charge is 2.06. The highest BCUT2D eigenvalue weighted by molar-refractivity contribution is 7.14. The molecule has 1 heterocycles. The van der Waals surface area contributed by atoms with Crippen molar-refractivity contribution < 1.29 is 9.53 Å². The van der Waals surface area contributed by atoms with Gasteiger partial charge in [-0.25, -0.2) is 4.98 Å². The lowest BCUT2D eigenvalue weighted by molar-refractivity contribution is -0.111. The van der Waals surface area contributed by atoms with E-state index in [0.717, 1.165) is 48.4 Å². The molecule has 4 nitrogen and oxygen atoms in total. The molecule has 0 aliphatic carbocycles. The minimum atomic E-state index is -0.199. The van der Waals surface area contributed by atoms with Crippen LogP contribution >= 0.6 is 11.3 Å².